The second kappa shape index (κ2) is 6.58. The third-order valence-corrected chi connectivity index (χ3v) is 3.58. The Labute approximate surface area is 130 Å². The highest BCUT2D eigenvalue weighted by Crippen LogP contribution is 2.17. The van der Waals surface area contributed by atoms with Gasteiger partial charge in [0.1, 0.15) is 12.2 Å². The van der Waals surface area contributed by atoms with Crippen LogP contribution in [0.3, 0.4) is 0 Å². The van der Waals surface area contributed by atoms with Crippen molar-refractivity contribution < 1.29 is 14.7 Å². The van der Waals surface area contributed by atoms with Gasteiger partial charge in [0.15, 0.2) is 0 Å². The third kappa shape index (κ3) is 3.95. The molecule has 0 saturated heterocycles. The maximum atomic E-state index is 12.0. The summed E-state index contributed by atoms with van der Waals surface area (Å²) in [5, 5.41) is 11.9. The highest BCUT2D eigenvalue weighted by Gasteiger charge is 2.14. The van der Waals surface area contributed by atoms with Crippen LogP contribution in [0.5, 0.6) is 0 Å². The first-order valence-corrected chi connectivity index (χ1v) is 7.20. The fourth-order valence-corrected chi connectivity index (χ4v) is 2.46. The number of carbonyl (C=O) groups excluding carboxylic acids is 1. The summed E-state index contributed by atoms with van der Waals surface area (Å²) >= 11 is 3.39. The van der Waals surface area contributed by atoms with Gasteiger partial charge >= 0.3 is 5.97 Å². The second-order valence-electron chi connectivity index (χ2n) is 4.67. The predicted molar refractivity (Wildman–Crippen MR) is 82.1 cm³/mol. The van der Waals surface area contributed by atoms with Crippen molar-refractivity contribution in [2.45, 2.75) is 19.5 Å². The van der Waals surface area contributed by atoms with E-state index in [0.29, 0.717) is 0 Å². The summed E-state index contributed by atoms with van der Waals surface area (Å²) in [7, 11) is 0. The van der Waals surface area contributed by atoms with Gasteiger partial charge in [-0.25, -0.2) is 4.79 Å². The zero-order valence-electron chi connectivity index (χ0n) is 11.4. The molecule has 2 rings (SSSR count). The SMILES string of the molecule is CC(NC(=O)Cn1cccc1C(=O)O)c1cccc(Br)c1. The van der Waals surface area contributed by atoms with E-state index in [1.54, 1.807) is 12.3 Å². The van der Waals surface area contributed by atoms with E-state index in [4.69, 9.17) is 5.11 Å². The number of halogens is 1. The van der Waals surface area contributed by atoms with Gasteiger partial charge in [-0.2, -0.15) is 0 Å². The van der Waals surface area contributed by atoms with Crippen LogP contribution < -0.4 is 5.32 Å². The summed E-state index contributed by atoms with van der Waals surface area (Å²) in [6.45, 7) is 1.86. The van der Waals surface area contributed by atoms with Crippen molar-refractivity contribution in [3.63, 3.8) is 0 Å². The third-order valence-electron chi connectivity index (χ3n) is 3.09. The van der Waals surface area contributed by atoms with Crippen LogP contribution in [0.2, 0.25) is 0 Å². The van der Waals surface area contributed by atoms with E-state index in [-0.39, 0.29) is 24.2 Å². The summed E-state index contributed by atoms with van der Waals surface area (Å²) in [5.74, 6) is -1.28. The molecule has 0 aliphatic rings. The molecule has 1 heterocycles. The maximum absolute atomic E-state index is 12.0. The fourth-order valence-electron chi connectivity index (χ4n) is 2.05. The van der Waals surface area contributed by atoms with Crippen molar-refractivity contribution in [2.75, 3.05) is 0 Å². The second-order valence-corrected chi connectivity index (χ2v) is 5.59. The predicted octanol–water partition coefficient (Wildman–Crippen LogP) is 2.83. The lowest BCUT2D eigenvalue weighted by Gasteiger charge is -2.15. The summed E-state index contributed by atoms with van der Waals surface area (Å²) in [6.07, 6.45) is 1.58. The summed E-state index contributed by atoms with van der Waals surface area (Å²) in [5.41, 5.74) is 1.07. The van der Waals surface area contributed by atoms with Crippen LogP contribution >= 0.6 is 15.9 Å². The van der Waals surface area contributed by atoms with Crippen LogP contribution in [0.4, 0.5) is 0 Å². The number of aromatic nitrogens is 1. The van der Waals surface area contributed by atoms with E-state index in [9.17, 15) is 9.59 Å². The molecule has 0 saturated carbocycles. The summed E-state index contributed by atoms with van der Waals surface area (Å²) in [6, 6.07) is 10.6. The molecular weight excluding hydrogens is 336 g/mol. The Morgan fingerprint density at radius 3 is 2.76 bits per heavy atom. The van der Waals surface area contributed by atoms with Crippen LogP contribution in [0.15, 0.2) is 47.1 Å². The minimum Gasteiger partial charge on any atom is -0.477 e. The average Bonchev–Trinajstić information content (AvgIpc) is 2.86. The molecule has 0 spiro atoms. The van der Waals surface area contributed by atoms with Crippen molar-refractivity contribution in [1.29, 1.82) is 0 Å². The van der Waals surface area contributed by atoms with Crippen LogP contribution in [0.25, 0.3) is 0 Å². The van der Waals surface area contributed by atoms with Gasteiger partial charge in [0.25, 0.3) is 0 Å². The molecule has 2 N–H and O–H groups in total. The molecule has 0 fully saturated rings. The van der Waals surface area contributed by atoms with Crippen LogP contribution in [0.1, 0.15) is 29.0 Å². The van der Waals surface area contributed by atoms with Gasteiger partial charge in [-0.3, -0.25) is 4.79 Å². The topological polar surface area (TPSA) is 71.3 Å². The zero-order chi connectivity index (χ0) is 15.4. The van der Waals surface area contributed by atoms with Crippen molar-refractivity contribution in [2.24, 2.45) is 0 Å². The molecule has 1 atom stereocenters. The first-order chi connectivity index (χ1) is 9.97. The number of hydrogen-bond acceptors (Lipinski definition) is 2. The Kier molecular flexibility index (Phi) is 4.80. The average molecular weight is 351 g/mol. The smallest absolute Gasteiger partial charge is 0.352 e. The number of carboxylic acid groups (broad SMARTS) is 1. The van der Waals surface area contributed by atoms with E-state index in [1.807, 2.05) is 31.2 Å². The van der Waals surface area contributed by atoms with E-state index in [0.717, 1.165) is 10.0 Å². The van der Waals surface area contributed by atoms with Crippen molar-refractivity contribution in [1.82, 2.24) is 9.88 Å². The van der Waals surface area contributed by atoms with Gasteiger partial charge < -0.3 is 15.0 Å². The summed E-state index contributed by atoms with van der Waals surface area (Å²) < 4.78 is 2.35. The molecule has 0 bridgehead atoms. The molecule has 1 amide bonds. The first kappa shape index (κ1) is 15.3. The van der Waals surface area contributed by atoms with Crippen LogP contribution in [-0.4, -0.2) is 21.6 Å². The minimum absolute atomic E-state index is 0.0209. The molecule has 1 aromatic heterocycles. The number of hydrogen-bond donors (Lipinski definition) is 2. The molecule has 5 nitrogen and oxygen atoms in total. The Hall–Kier alpha value is -2.08. The van der Waals surface area contributed by atoms with Gasteiger partial charge in [0, 0.05) is 10.7 Å². The van der Waals surface area contributed by atoms with Gasteiger partial charge in [0.05, 0.1) is 6.04 Å². The standard InChI is InChI=1S/C15H15BrN2O3/c1-10(11-4-2-5-12(16)8-11)17-14(19)9-18-7-3-6-13(18)15(20)21/h2-8,10H,9H2,1H3,(H,17,19)(H,20,21). The highest BCUT2D eigenvalue weighted by atomic mass is 79.9. The Bertz CT molecular complexity index is 666. The number of aromatic carboxylic acids is 1. The lowest BCUT2D eigenvalue weighted by atomic mass is 10.1. The van der Waals surface area contributed by atoms with Crippen LogP contribution in [-0.2, 0) is 11.3 Å². The number of amides is 1. The number of nitrogens with zero attached hydrogens (tertiary/aromatic N) is 1. The number of benzene rings is 1. The van der Waals surface area contributed by atoms with Crippen molar-refractivity contribution in [3.05, 3.63) is 58.3 Å². The molecule has 0 aliphatic carbocycles. The van der Waals surface area contributed by atoms with E-state index < -0.39 is 5.97 Å². The lowest BCUT2D eigenvalue weighted by Crippen LogP contribution is -2.30. The van der Waals surface area contributed by atoms with E-state index in [1.165, 1.54) is 10.6 Å². The van der Waals surface area contributed by atoms with Crippen molar-refractivity contribution >= 4 is 27.8 Å². The van der Waals surface area contributed by atoms with Crippen LogP contribution in [0, 0.1) is 0 Å². The molecule has 0 radical (unpaired) electrons. The maximum Gasteiger partial charge on any atom is 0.352 e. The Morgan fingerprint density at radius 1 is 1.33 bits per heavy atom. The van der Waals surface area contributed by atoms with Gasteiger partial charge in [-0.05, 0) is 36.8 Å². The monoisotopic (exact) mass is 350 g/mol. The largest absolute Gasteiger partial charge is 0.477 e. The molecule has 1 unspecified atom stereocenters. The van der Waals surface area contributed by atoms with Gasteiger partial charge in [-0.1, -0.05) is 28.1 Å². The van der Waals surface area contributed by atoms with E-state index in [2.05, 4.69) is 21.2 Å². The zero-order valence-corrected chi connectivity index (χ0v) is 13.0. The van der Waals surface area contributed by atoms with E-state index >= 15 is 0 Å². The fraction of sp³-hybridized carbons (Fsp3) is 0.200. The normalized spacial score (nSPS) is 11.9. The first-order valence-electron chi connectivity index (χ1n) is 6.40. The van der Waals surface area contributed by atoms with Gasteiger partial charge in [-0.15, -0.1) is 0 Å². The Morgan fingerprint density at radius 2 is 2.10 bits per heavy atom. The van der Waals surface area contributed by atoms with Crippen molar-refractivity contribution in [3.8, 4) is 0 Å². The number of carbonyl (C=O) groups is 2. The Balaban J connectivity index is 2.01. The molecule has 0 aliphatic heterocycles. The highest BCUT2D eigenvalue weighted by molar-refractivity contribution is 9.10. The molecule has 21 heavy (non-hydrogen) atoms. The number of rotatable bonds is 5. The molecule has 1 aromatic carbocycles. The van der Waals surface area contributed by atoms with Gasteiger partial charge in [0.2, 0.25) is 5.91 Å². The quantitative estimate of drug-likeness (QED) is 0.870. The summed E-state index contributed by atoms with van der Waals surface area (Å²) in [4.78, 5) is 23.0. The number of nitrogens with one attached hydrogen (secondary N) is 1. The molecule has 110 valence electrons. The molecular formula is C15H15BrN2O3. The lowest BCUT2D eigenvalue weighted by molar-refractivity contribution is -0.122. The molecule has 2 aromatic rings. The minimum atomic E-state index is -1.05. The molecule has 6 heteroatoms. The number of carboxylic acids is 1.